The van der Waals surface area contributed by atoms with Gasteiger partial charge in [-0.2, -0.15) is 0 Å². The lowest BCUT2D eigenvalue weighted by Crippen LogP contribution is -1.84. The minimum absolute atomic E-state index is 0.488. The van der Waals surface area contributed by atoms with Crippen LogP contribution in [0.4, 0.5) is 0 Å². The van der Waals surface area contributed by atoms with E-state index in [0.717, 1.165) is 24.2 Å². The third-order valence-electron chi connectivity index (χ3n) is 1.85. The van der Waals surface area contributed by atoms with Crippen LogP contribution in [0.1, 0.15) is 19.2 Å². The Bertz CT molecular complexity index is 422. The van der Waals surface area contributed by atoms with Crippen molar-refractivity contribution in [3.63, 3.8) is 0 Å². The third-order valence-corrected chi connectivity index (χ3v) is 2.06. The second-order valence-corrected chi connectivity index (χ2v) is 3.33. The monoisotopic (exact) mass is 195 g/mol. The van der Waals surface area contributed by atoms with E-state index in [9.17, 15) is 0 Å². The number of H-pyrrole nitrogens is 1. The highest BCUT2D eigenvalue weighted by atomic mass is 35.5. The van der Waals surface area contributed by atoms with Gasteiger partial charge in [0.15, 0.2) is 5.65 Å². The molecule has 13 heavy (non-hydrogen) atoms. The molecule has 0 aliphatic heterocycles. The molecule has 2 heterocycles. The quantitative estimate of drug-likeness (QED) is 0.749. The zero-order chi connectivity index (χ0) is 9.26. The highest BCUT2D eigenvalue weighted by Crippen LogP contribution is 2.13. The van der Waals surface area contributed by atoms with Gasteiger partial charge in [0.05, 0.1) is 5.52 Å². The Morgan fingerprint density at radius 1 is 1.38 bits per heavy atom. The van der Waals surface area contributed by atoms with Crippen LogP contribution in [0.5, 0.6) is 0 Å². The molecule has 0 radical (unpaired) electrons. The number of aromatic nitrogens is 3. The van der Waals surface area contributed by atoms with Crippen LogP contribution in [0.25, 0.3) is 11.2 Å². The Labute approximate surface area is 81.2 Å². The smallest absolute Gasteiger partial charge is 0.179 e. The molecule has 0 bridgehead atoms. The number of hydrogen-bond acceptors (Lipinski definition) is 2. The number of pyridine rings is 1. The lowest BCUT2D eigenvalue weighted by molar-refractivity contribution is 0.860. The zero-order valence-corrected chi connectivity index (χ0v) is 8.10. The summed E-state index contributed by atoms with van der Waals surface area (Å²) in [6.07, 6.45) is 2.03. The van der Waals surface area contributed by atoms with E-state index in [4.69, 9.17) is 11.6 Å². The van der Waals surface area contributed by atoms with Crippen LogP contribution in [-0.4, -0.2) is 15.0 Å². The summed E-state index contributed by atoms with van der Waals surface area (Å²) in [6.45, 7) is 2.12. The van der Waals surface area contributed by atoms with Crippen molar-refractivity contribution in [3.05, 3.63) is 23.1 Å². The molecule has 0 aliphatic rings. The third kappa shape index (κ3) is 1.65. The number of imidazole rings is 1. The summed E-state index contributed by atoms with van der Waals surface area (Å²) < 4.78 is 0. The van der Waals surface area contributed by atoms with E-state index in [1.54, 1.807) is 6.07 Å². The van der Waals surface area contributed by atoms with Gasteiger partial charge >= 0.3 is 0 Å². The zero-order valence-electron chi connectivity index (χ0n) is 7.34. The van der Waals surface area contributed by atoms with Crippen molar-refractivity contribution in [1.82, 2.24) is 15.0 Å². The first-order chi connectivity index (χ1) is 6.29. The number of nitrogens with zero attached hydrogens (tertiary/aromatic N) is 2. The minimum Gasteiger partial charge on any atom is -0.341 e. The van der Waals surface area contributed by atoms with Crippen molar-refractivity contribution in [3.8, 4) is 0 Å². The predicted molar refractivity (Wildman–Crippen MR) is 52.9 cm³/mol. The lowest BCUT2D eigenvalue weighted by Gasteiger charge is -1.86. The fourth-order valence-electron chi connectivity index (χ4n) is 1.27. The van der Waals surface area contributed by atoms with E-state index in [1.165, 1.54) is 0 Å². The van der Waals surface area contributed by atoms with E-state index >= 15 is 0 Å². The molecule has 0 saturated heterocycles. The first-order valence-electron chi connectivity index (χ1n) is 4.30. The summed E-state index contributed by atoms with van der Waals surface area (Å²) in [5, 5.41) is 0.488. The van der Waals surface area contributed by atoms with Crippen molar-refractivity contribution in [1.29, 1.82) is 0 Å². The van der Waals surface area contributed by atoms with Crippen LogP contribution in [0.3, 0.4) is 0 Å². The summed E-state index contributed by atoms with van der Waals surface area (Å²) in [5.41, 5.74) is 1.66. The van der Waals surface area contributed by atoms with Gasteiger partial charge < -0.3 is 4.98 Å². The summed E-state index contributed by atoms with van der Waals surface area (Å²) >= 11 is 5.74. The summed E-state index contributed by atoms with van der Waals surface area (Å²) in [7, 11) is 0. The van der Waals surface area contributed by atoms with Gasteiger partial charge in [-0.3, -0.25) is 0 Å². The Morgan fingerprint density at radius 2 is 2.23 bits per heavy atom. The maximum absolute atomic E-state index is 5.74. The molecule has 0 spiro atoms. The molecule has 0 aromatic carbocycles. The molecule has 0 atom stereocenters. The molecule has 0 amide bonds. The largest absolute Gasteiger partial charge is 0.341 e. The van der Waals surface area contributed by atoms with Crippen molar-refractivity contribution in [2.45, 2.75) is 19.8 Å². The highest BCUT2D eigenvalue weighted by molar-refractivity contribution is 6.29. The number of nitrogens with one attached hydrogen (secondary N) is 1. The molecule has 0 fully saturated rings. The van der Waals surface area contributed by atoms with Gasteiger partial charge in [0.1, 0.15) is 11.0 Å². The van der Waals surface area contributed by atoms with Crippen LogP contribution in [0.15, 0.2) is 12.1 Å². The van der Waals surface area contributed by atoms with Crippen molar-refractivity contribution < 1.29 is 0 Å². The van der Waals surface area contributed by atoms with Crippen LogP contribution in [-0.2, 0) is 6.42 Å². The normalized spacial score (nSPS) is 10.9. The summed E-state index contributed by atoms with van der Waals surface area (Å²) in [4.78, 5) is 11.6. The fourth-order valence-corrected chi connectivity index (χ4v) is 1.42. The average molecular weight is 196 g/mol. The Morgan fingerprint density at radius 3 is 3.00 bits per heavy atom. The van der Waals surface area contributed by atoms with Gasteiger partial charge in [-0.1, -0.05) is 18.5 Å². The molecular weight excluding hydrogens is 186 g/mol. The molecule has 2 rings (SSSR count). The van der Waals surface area contributed by atoms with Gasteiger partial charge in [0.25, 0.3) is 0 Å². The van der Waals surface area contributed by atoms with Gasteiger partial charge in [0, 0.05) is 6.42 Å². The summed E-state index contributed by atoms with van der Waals surface area (Å²) in [5.74, 6) is 0.979. The summed E-state index contributed by atoms with van der Waals surface area (Å²) in [6, 6.07) is 3.66. The molecule has 4 heteroatoms. The number of halogens is 1. The molecule has 3 nitrogen and oxygen atoms in total. The molecule has 2 aromatic rings. The maximum atomic E-state index is 5.74. The van der Waals surface area contributed by atoms with E-state index in [-0.39, 0.29) is 0 Å². The molecule has 0 unspecified atom stereocenters. The molecule has 68 valence electrons. The number of rotatable bonds is 2. The first kappa shape index (κ1) is 8.51. The van der Waals surface area contributed by atoms with Gasteiger partial charge in [-0.05, 0) is 18.6 Å². The van der Waals surface area contributed by atoms with E-state index in [1.807, 2.05) is 6.07 Å². The van der Waals surface area contributed by atoms with E-state index < -0.39 is 0 Å². The number of hydrogen-bond donors (Lipinski definition) is 1. The molecule has 0 aliphatic carbocycles. The number of aryl methyl sites for hydroxylation is 1. The average Bonchev–Trinajstić information content (AvgIpc) is 2.46. The number of fused-ring (bicyclic) bond motifs is 1. The molecular formula is C9H10ClN3. The molecule has 2 aromatic heterocycles. The van der Waals surface area contributed by atoms with Gasteiger partial charge in [0.2, 0.25) is 0 Å². The van der Waals surface area contributed by atoms with Crippen molar-refractivity contribution >= 4 is 22.8 Å². The van der Waals surface area contributed by atoms with Gasteiger partial charge in [-0.15, -0.1) is 0 Å². The topological polar surface area (TPSA) is 41.6 Å². The van der Waals surface area contributed by atoms with Gasteiger partial charge in [-0.25, -0.2) is 9.97 Å². The molecule has 1 N–H and O–H groups in total. The standard InChI is InChI=1S/C9H10ClN3/c1-2-3-8-11-6-4-5-7(10)12-9(6)13-8/h4-5H,2-3H2,1H3,(H,11,12,13). The maximum Gasteiger partial charge on any atom is 0.179 e. The van der Waals surface area contributed by atoms with Crippen molar-refractivity contribution in [2.75, 3.05) is 0 Å². The van der Waals surface area contributed by atoms with E-state index in [2.05, 4.69) is 21.9 Å². The van der Waals surface area contributed by atoms with Crippen LogP contribution in [0, 0.1) is 0 Å². The predicted octanol–water partition coefficient (Wildman–Crippen LogP) is 2.56. The Hall–Kier alpha value is -1.09. The van der Waals surface area contributed by atoms with Crippen LogP contribution >= 0.6 is 11.6 Å². The minimum atomic E-state index is 0.488. The highest BCUT2D eigenvalue weighted by Gasteiger charge is 2.02. The lowest BCUT2D eigenvalue weighted by atomic mass is 10.3. The Balaban J connectivity index is 2.49. The molecule has 0 saturated carbocycles. The van der Waals surface area contributed by atoms with Crippen LogP contribution < -0.4 is 0 Å². The number of aromatic amines is 1. The second-order valence-electron chi connectivity index (χ2n) is 2.94. The first-order valence-corrected chi connectivity index (χ1v) is 4.68. The van der Waals surface area contributed by atoms with Crippen LogP contribution in [0.2, 0.25) is 5.15 Å². The van der Waals surface area contributed by atoms with Crippen molar-refractivity contribution in [2.24, 2.45) is 0 Å². The second kappa shape index (κ2) is 3.34. The Kier molecular flexibility index (Phi) is 2.19. The van der Waals surface area contributed by atoms with E-state index in [0.29, 0.717) is 10.8 Å². The SMILES string of the molecule is CCCc1nc2nc(Cl)ccc2[nH]1. The fraction of sp³-hybridized carbons (Fsp3) is 0.333.